The minimum absolute atomic E-state index is 0.0849. The third-order valence-electron chi connectivity index (χ3n) is 2.27. The number of rotatable bonds is 1. The summed E-state index contributed by atoms with van der Waals surface area (Å²) < 4.78 is 8.77. The van der Waals surface area contributed by atoms with Gasteiger partial charge >= 0.3 is 0 Å². The van der Waals surface area contributed by atoms with Crippen molar-refractivity contribution in [3.63, 3.8) is 0 Å². The maximum absolute atomic E-state index is 9.79. The van der Waals surface area contributed by atoms with Crippen molar-refractivity contribution in [1.29, 1.82) is 0 Å². The summed E-state index contributed by atoms with van der Waals surface area (Å²) in [6.07, 6.45) is 4.25. The molecule has 3 N–H and O–H groups in total. The monoisotopic (exact) mass is 302 g/mol. The molecule has 0 aliphatic rings. The molecule has 0 aromatic heterocycles. The van der Waals surface area contributed by atoms with Crippen molar-refractivity contribution in [3.8, 4) is 5.75 Å². The molecule has 0 saturated carbocycles. The first-order valence-corrected chi connectivity index (χ1v) is 8.82. The Labute approximate surface area is 114 Å². The first-order valence-electron chi connectivity index (χ1n) is 5.25. The predicted molar refractivity (Wildman–Crippen MR) is 75.1 cm³/mol. The van der Waals surface area contributed by atoms with Crippen molar-refractivity contribution in [2.75, 3.05) is 12.5 Å². The van der Waals surface area contributed by atoms with Gasteiger partial charge in [0.15, 0.2) is 5.75 Å². The number of benzene rings is 2. The van der Waals surface area contributed by atoms with E-state index in [1.54, 1.807) is 6.07 Å². The van der Waals surface area contributed by atoms with E-state index in [4.69, 9.17) is 19.2 Å². The molecule has 0 aliphatic carbocycles. The zero-order valence-electron chi connectivity index (χ0n) is 10.5. The maximum Gasteiger partial charge on any atom is 0.262 e. The highest BCUT2D eigenvalue weighted by atomic mass is 32.2. The van der Waals surface area contributed by atoms with Crippen LogP contribution in [-0.4, -0.2) is 27.4 Å². The van der Waals surface area contributed by atoms with Crippen LogP contribution in [0.4, 0.5) is 0 Å². The van der Waals surface area contributed by atoms with Crippen molar-refractivity contribution in [2.45, 2.75) is 4.90 Å². The number of aromatic hydroxyl groups is 1. The highest BCUT2D eigenvalue weighted by Crippen LogP contribution is 2.31. The highest BCUT2D eigenvalue weighted by molar-refractivity contribution is 7.95. The van der Waals surface area contributed by atoms with E-state index in [1.165, 1.54) is 10.8 Å². The van der Waals surface area contributed by atoms with E-state index in [0.717, 1.165) is 4.90 Å². The molecule has 0 atom stereocenters. The third kappa shape index (κ3) is 5.22. The molecule has 0 spiro atoms. The molecule has 0 unspecified atom stereocenters. The van der Waals surface area contributed by atoms with E-state index >= 15 is 0 Å². The van der Waals surface area contributed by atoms with Crippen LogP contribution in [-0.2, 0) is 15.5 Å². The number of phosphoric acid groups is 1. The predicted octanol–water partition coefficient (Wildman–Crippen LogP) is 1.22. The summed E-state index contributed by atoms with van der Waals surface area (Å²) in [6.45, 7) is 0. The van der Waals surface area contributed by atoms with Gasteiger partial charge in [0.05, 0.1) is 0 Å². The summed E-state index contributed by atoms with van der Waals surface area (Å²) >= 11 is 0. The second kappa shape index (κ2) is 6.41. The van der Waals surface area contributed by atoms with Gasteiger partial charge in [-0.15, -0.1) is 0 Å². The lowest BCUT2D eigenvalue weighted by Gasteiger charge is -2.04. The fourth-order valence-corrected chi connectivity index (χ4v) is 2.77. The normalized spacial score (nSPS) is 11.3. The summed E-state index contributed by atoms with van der Waals surface area (Å²) in [4.78, 5) is 24.0. The number of phenols is 1. The smallest absolute Gasteiger partial charge is 0.262 e. The molecule has 0 saturated heterocycles. The molecule has 104 valence electrons. The van der Waals surface area contributed by atoms with Gasteiger partial charge in [0.1, 0.15) is 12.5 Å². The Hall–Kier alpha value is -1.04. The molecule has 2 aromatic rings. The van der Waals surface area contributed by atoms with Crippen LogP contribution in [0, 0.1) is 0 Å². The molecule has 0 heterocycles. The zero-order valence-corrected chi connectivity index (χ0v) is 12.2. The minimum atomic E-state index is -4.89. The van der Waals surface area contributed by atoms with Crippen LogP contribution in [0.15, 0.2) is 41.3 Å². The van der Waals surface area contributed by atoms with Crippen molar-refractivity contribution in [3.05, 3.63) is 36.4 Å². The molecule has 5 nitrogen and oxygen atoms in total. The number of phenolic OH excluding ortho intramolecular Hbond substituents is 1. The third-order valence-corrected chi connectivity index (χ3v) is 3.51. The van der Waals surface area contributed by atoms with Gasteiger partial charge in [-0.3, -0.25) is 4.57 Å². The van der Waals surface area contributed by atoms with Crippen molar-refractivity contribution in [1.82, 2.24) is 0 Å². The van der Waals surface area contributed by atoms with Crippen LogP contribution in [0.1, 0.15) is 0 Å². The van der Waals surface area contributed by atoms with Gasteiger partial charge in [0.2, 0.25) is 4.90 Å². The summed E-state index contributed by atoms with van der Waals surface area (Å²) in [6, 6.07) is 11.9. The van der Waals surface area contributed by atoms with E-state index < -0.39 is 7.82 Å². The summed E-state index contributed by atoms with van der Waals surface area (Å²) in [5.74, 6) is 0.414. The first kappa shape index (κ1) is 16.0. The van der Waals surface area contributed by atoms with Crippen LogP contribution >= 0.6 is 7.82 Å². The lowest BCUT2D eigenvalue weighted by atomic mass is 10.1. The van der Waals surface area contributed by atoms with Gasteiger partial charge in [-0.25, -0.2) is 0 Å². The maximum atomic E-state index is 9.79. The number of hydrogen-bond donors (Lipinski definition) is 3. The van der Waals surface area contributed by atoms with Gasteiger partial charge in [-0.1, -0.05) is 24.3 Å². The summed E-state index contributed by atoms with van der Waals surface area (Å²) in [7, 11) is -4.80. The Morgan fingerprint density at radius 3 is 2.16 bits per heavy atom. The Morgan fingerprint density at radius 1 is 1.11 bits per heavy atom. The topological polar surface area (TPSA) is 101 Å². The molecule has 7 heteroatoms. The fourth-order valence-electron chi connectivity index (χ4n) is 1.66. The van der Waals surface area contributed by atoms with Gasteiger partial charge in [-0.05, 0) is 17.5 Å². The molecule has 0 amide bonds. The van der Waals surface area contributed by atoms with Gasteiger partial charge in [0.25, 0.3) is 7.82 Å². The lowest BCUT2D eigenvalue weighted by Crippen LogP contribution is -1.97. The van der Waals surface area contributed by atoms with Gasteiger partial charge in [0, 0.05) is 16.3 Å². The largest absolute Gasteiger partial charge is 0.756 e. The lowest BCUT2D eigenvalue weighted by molar-refractivity contribution is -0.214. The standard InChI is InChI=1S/C12H12OS.H3O4P/c1-14(2)12-10-6-4-3-5-9(10)7-8-11(12)13;1-5(2,3)4/h3-8H,1-2H3;(H3,1,2,3,4). The minimum Gasteiger partial charge on any atom is -0.756 e. The molecule has 0 radical (unpaired) electrons. The van der Waals surface area contributed by atoms with E-state index in [2.05, 4.69) is 24.6 Å². The molecular weight excluding hydrogens is 287 g/mol. The quantitative estimate of drug-likeness (QED) is 0.543. The first-order chi connectivity index (χ1) is 8.70. The molecule has 0 bridgehead atoms. The second-order valence-corrected chi connectivity index (χ2v) is 6.96. The van der Waals surface area contributed by atoms with Crippen molar-refractivity contribution < 1.29 is 24.4 Å². The average Bonchev–Trinajstić information content (AvgIpc) is 2.26. The van der Waals surface area contributed by atoms with E-state index in [9.17, 15) is 5.11 Å². The highest BCUT2D eigenvalue weighted by Gasteiger charge is 2.17. The van der Waals surface area contributed by atoms with Crippen LogP contribution in [0.25, 0.3) is 10.8 Å². The molecule has 2 aromatic carbocycles. The molecule has 19 heavy (non-hydrogen) atoms. The Morgan fingerprint density at radius 2 is 1.63 bits per heavy atom. The van der Waals surface area contributed by atoms with E-state index in [0.29, 0.717) is 5.75 Å². The Bertz CT molecular complexity index is 600. The van der Waals surface area contributed by atoms with Crippen LogP contribution < -0.4 is 4.89 Å². The number of fused-ring (bicyclic) bond motifs is 1. The van der Waals surface area contributed by atoms with E-state index in [1.807, 2.05) is 18.2 Å². The average molecular weight is 302 g/mol. The van der Waals surface area contributed by atoms with Gasteiger partial charge in [-0.2, -0.15) is 0 Å². The van der Waals surface area contributed by atoms with Crippen LogP contribution in [0.3, 0.4) is 0 Å². The van der Waals surface area contributed by atoms with Crippen molar-refractivity contribution in [2.24, 2.45) is 0 Å². The summed E-state index contributed by atoms with van der Waals surface area (Å²) in [5, 5.41) is 12.1. The zero-order chi connectivity index (χ0) is 14.6. The SMILES string of the molecule is C[S+](C)c1c(O)ccc2ccccc12.O=P([O-])(O)O. The van der Waals surface area contributed by atoms with Gasteiger partial charge < -0.3 is 19.8 Å². The second-order valence-electron chi connectivity index (χ2n) is 3.94. The Balaban J connectivity index is 0.000000312. The van der Waals surface area contributed by atoms with Crippen LogP contribution in [0.2, 0.25) is 0 Å². The number of hydrogen-bond acceptors (Lipinski definition) is 3. The molecule has 2 rings (SSSR count). The Kier molecular flexibility index (Phi) is 5.40. The van der Waals surface area contributed by atoms with Crippen LogP contribution in [0.5, 0.6) is 5.75 Å². The van der Waals surface area contributed by atoms with E-state index in [-0.39, 0.29) is 10.9 Å². The summed E-state index contributed by atoms with van der Waals surface area (Å²) in [5.41, 5.74) is 0. The molecule has 0 aliphatic heterocycles. The molecular formula is C12H15O5PS. The fraction of sp³-hybridized carbons (Fsp3) is 0.167. The molecule has 0 fully saturated rings. The van der Waals surface area contributed by atoms with Crippen molar-refractivity contribution >= 4 is 29.5 Å².